The number of carbonyl (C=O) groups is 2. The van der Waals surface area contributed by atoms with Crippen LogP contribution in [0.25, 0.3) is 5.52 Å². The van der Waals surface area contributed by atoms with Gasteiger partial charge in [-0.1, -0.05) is 6.07 Å². The number of amides is 1. The van der Waals surface area contributed by atoms with Crippen molar-refractivity contribution >= 4 is 23.3 Å². The smallest absolute Gasteiger partial charge is 0.359 e. The van der Waals surface area contributed by atoms with Gasteiger partial charge in [0.1, 0.15) is 6.10 Å². The molecule has 1 aliphatic heterocycles. The number of pyridine rings is 1. The molecule has 7 heteroatoms. The van der Waals surface area contributed by atoms with E-state index in [1.807, 2.05) is 0 Å². The van der Waals surface area contributed by atoms with Crippen molar-refractivity contribution in [1.82, 2.24) is 9.38 Å². The third-order valence-electron chi connectivity index (χ3n) is 3.63. The fraction of sp³-hybridized carbons (Fsp3) is 0.400. The van der Waals surface area contributed by atoms with E-state index in [-0.39, 0.29) is 17.5 Å². The minimum Gasteiger partial charge on any atom is -0.464 e. The molecule has 1 amide bonds. The summed E-state index contributed by atoms with van der Waals surface area (Å²) in [5, 5.41) is 2.73. The molecule has 0 aromatic carbocycles. The van der Waals surface area contributed by atoms with Crippen molar-refractivity contribution < 1.29 is 19.1 Å². The van der Waals surface area contributed by atoms with Gasteiger partial charge in [0.05, 0.1) is 12.6 Å². The van der Waals surface area contributed by atoms with E-state index in [9.17, 15) is 9.59 Å². The average Bonchev–Trinajstić information content (AvgIpc) is 2.94. The van der Waals surface area contributed by atoms with Crippen LogP contribution in [0.4, 0.5) is 5.95 Å². The van der Waals surface area contributed by atoms with Crippen LogP contribution in [-0.4, -0.2) is 41.1 Å². The first-order valence-electron chi connectivity index (χ1n) is 7.18. The Morgan fingerprint density at radius 3 is 3.00 bits per heavy atom. The van der Waals surface area contributed by atoms with Gasteiger partial charge >= 0.3 is 5.97 Å². The molecule has 0 spiro atoms. The third-order valence-corrected chi connectivity index (χ3v) is 3.63. The molecule has 2 aromatic heterocycles. The Morgan fingerprint density at radius 2 is 2.27 bits per heavy atom. The number of imidazole rings is 1. The zero-order chi connectivity index (χ0) is 15.5. The number of fused-ring (bicyclic) bond motifs is 1. The van der Waals surface area contributed by atoms with Crippen LogP contribution < -0.4 is 5.32 Å². The van der Waals surface area contributed by atoms with Crippen molar-refractivity contribution in [3.63, 3.8) is 0 Å². The molecule has 1 atom stereocenters. The number of aromatic nitrogens is 2. The summed E-state index contributed by atoms with van der Waals surface area (Å²) >= 11 is 0. The fourth-order valence-electron chi connectivity index (χ4n) is 2.51. The van der Waals surface area contributed by atoms with E-state index in [2.05, 4.69) is 10.3 Å². The van der Waals surface area contributed by atoms with Gasteiger partial charge in [-0.2, -0.15) is 0 Å². The Hall–Kier alpha value is -2.41. The lowest BCUT2D eigenvalue weighted by Gasteiger charge is -2.21. The van der Waals surface area contributed by atoms with E-state index in [0.717, 1.165) is 12.8 Å². The normalized spacial score (nSPS) is 18.1. The molecule has 0 aliphatic carbocycles. The zero-order valence-electron chi connectivity index (χ0n) is 12.2. The lowest BCUT2D eigenvalue weighted by molar-refractivity contribution is -0.130. The van der Waals surface area contributed by atoms with E-state index in [1.165, 1.54) is 7.11 Å². The van der Waals surface area contributed by atoms with Crippen LogP contribution in [0.3, 0.4) is 0 Å². The number of hydrogen-bond donors (Lipinski definition) is 1. The summed E-state index contributed by atoms with van der Waals surface area (Å²) in [7, 11) is 1.30. The molecule has 1 aliphatic rings. The standard InChI is InChI=1S/C15H17N3O4/c1-21-14(20)12-10-6-2-4-8-18(10)15(16-12)17-13(19)11-7-3-5-9-22-11/h2,4,6,8,11H,3,5,7,9H2,1H3,(H,16,17,19). The Morgan fingerprint density at radius 1 is 1.41 bits per heavy atom. The van der Waals surface area contributed by atoms with Crippen LogP contribution in [0.5, 0.6) is 0 Å². The first-order chi connectivity index (χ1) is 10.7. The van der Waals surface area contributed by atoms with Gasteiger partial charge in [0.2, 0.25) is 5.95 Å². The van der Waals surface area contributed by atoms with Gasteiger partial charge in [-0.05, 0) is 31.4 Å². The molecule has 1 fully saturated rings. The summed E-state index contributed by atoms with van der Waals surface area (Å²) in [5.41, 5.74) is 0.747. The number of ether oxygens (including phenoxy) is 2. The van der Waals surface area contributed by atoms with Crippen molar-refractivity contribution in [2.75, 3.05) is 19.0 Å². The summed E-state index contributed by atoms with van der Waals surface area (Å²) in [5.74, 6) is -0.500. The topological polar surface area (TPSA) is 81.9 Å². The van der Waals surface area contributed by atoms with E-state index in [0.29, 0.717) is 18.5 Å². The van der Waals surface area contributed by atoms with Crippen LogP contribution in [0, 0.1) is 0 Å². The fourth-order valence-corrected chi connectivity index (χ4v) is 2.51. The van der Waals surface area contributed by atoms with Gasteiger partial charge in [-0.15, -0.1) is 0 Å². The van der Waals surface area contributed by atoms with Gasteiger partial charge in [0.25, 0.3) is 5.91 Å². The van der Waals surface area contributed by atoms with E-state index >= 15 is 0 Å². The molecule has 1 N–H and O–H groups in total. The van der Waals surface area contributed by atoms with Crippen LogP contribution >= 0.6 is 0 Å². The minimum atomic E-state index is -0.543. The molecule has 3 heterocycles. The molecule has 7 nitrogen and oxygen atoms in total. The predicted octanol–water partition coefficient (Wildman–Crippen LogP) is 1.63. The molecule has 22 heavy (non-hydrogen) atoms. The Balaban J connectivity index is 1.90. The maximum Gasteiger partial charge on any atom is 0.359 e. The van der Waals surface area contributed by atoms with Gasteiger partial charge in [-0.3, -0.25) is 14.5 Å². The van der Waals surface area contributed by atoms with Crippen molar-refractivity contribution in [2.45, 2.75) is 25.4 Å². The van der Waals surface area contributed by atoms with Crippen molar-refractivity contribution in [1.29, 1.82) is 0 Å². The first kappa shape index (κ1) is 14.5. The second kappa shape index (κ2) is 6.15. The molecule has 2 aromatic rings. The lowest BCUT2D eigenvalue weighted by atomic mass is 10.1. The number of esters is 1. The summed E-state index contributed by atoms with van der Waals surface area (Å²) in [6.45, 7) is 0.591. The van der Waals surface area contributed by atoms with Gasteiger partial charge in [0.15, 0.2) is 5.69 Å². The number of anilines is 1. The highest BCUT2D eigenvalue weighted by Crippen LogP contribution is 2.19. The number of nitrogens with zero attached hydrogens (tertiary/aromatic N) is 2. The van der Waals surface area contributed by atoms with Gasteiger partial charge in [0, 0.05) is 12.8 Å². The first-order valence-corrected chi connectivity index (χ1v) is 7.18. The second-order valence-electron chi connectivity index (χ2n) is 5.08. The second-order valence-corrected chi connectivity index (χ2v) is 5.08. The summed E-state index contributed by atoms with van der Waals surface area (Å²) in [6.07, 6.45) is 3.90. The molecule has 0 radical (unpaired) electrons. The van der Waals surface area contributed by atoms with Gasteiger partial charge in [-0.25, -0.2) is 9.78 Å². The number of nitrogens with one attached hydrogen (secondary N) is 1. The van der Waals surface area contributed by atoms with Gasteiger partial charge < -0.3 is 9.47 Å². The van der Waals surface area contributed by atoms with Crippen LogP contribution in [0.1, 0.15) is 29.8 Å². The number of methoxy groups -OCH3 is 1. The summed E-state index contributed by atoms with van der Waals surface area (Å²) in [4.78, 5) is 28.2. The number of rotatable bonds is 3. The predicted molar refractivity (Wildman–Crippen MR) is 78.8 cm³/mol. The Bertz CT molecular complexity index is 704. The van der Waals surface area contributed by atoms with Crippen LogP contribution in [0.2, 0.25) is 0 Å². The molecule has 3 rings (SSSR count). The van der Waals surface area contributed by atoms with Crippen molar-refractivity contribution in [3.8, 4) is 0 Å². The highest BCUT2D eigenvalue weighted by molar-refractivity contribution is 5.98. The third kappa shape index (κ3) is 2.67. The highest BCUT2D eigenvalue weighted by atomic mass is 16.5. The monoisotopic (exact) mass is 303 g/mol. The number of hydrogen-bond acceptors (Lipinski definition) is 5. The highest BCUT2D eigenvalue weighted by Gasteiger charge is 2.25. The molecule has 0 bridgehead atoms. The molecular formula is C15H17N3O4. The largest absolute Gasteiger partial charge is 0.464 e. The van der Waals surface area contributed by atoms with E-state index in [1.54, 1.807) is 28.8 Å². The molecule has 1 unspecified atom stereocenters. The van der Waals surface area contributed by atoms with E-state index in [4.69, 9.17) is 9.47 Å². The zero-order valence-corrected chi connectivity index (χ0v) is 12.2. The lowest BCUT2D eigenvalue weighted by Crippen LogP contribution is -2.33. The molecular weight excluding hydrogens is 286 g/mol. The quantitative estimate of drug-likeness (QED) is 0.871. The summed E-state index contributed by atoms with van der Waals surface area (Å²) < 4.78 is 11.8. The number of carbonyl (C=O) groups excluding carboxylic acids is 2. The molecule has 116 valence electrons. The average molecular weight is 303 g/mol. The Kier molecular flexibility index (Phi) is 4.06. The minimum absolute atomic E-state index is 0.169. The molecule has 1 saturated heterocycles. The van der Waals surface area contributed by atoms with Crippen LogP contribution in [0.15, 0.2) is 24.4 Å². The van der Waals surface area contributed by atoms with Crippen molar-refractivity contribution in [2.24, 2.45) is 0 Å². The summed E-state index contributed by atoms with van der Waals surface area (Å²) in [6, 6.07) is 5.33. The maximum absolute atomic E-state index is 12.3. The maximum atomic E-state index is 12.3. The SMILES string of the molecule is COC(=O)c1nc(NC(=O)C2CCCCO2)n2ccccc12. The Labute approximate surface area is 127 Å². The molecule has 0 saturated carbocycles. The van der Waals surface area contributed by atoms with Crippen LogP contribution in [-0.2, 0) is 14.3 Å². The van der Waals surface area contributed by atoms with Crippen molar-refractivity contribution in [3.05, 3.63) is 30.1 Å². The van der Waals surface area contributed by atoms with E-state index < -0.39 is 12.1 Å².